The molecule has 10 nitrogen and oxygen atoms in total. The lowest BCUT2D eigenvalue weighted by Gasteiger charge is -2.46. The monoisotopic (exact) mass is 438 g/mol. The minimum Gasteiger partial charge on any atom is -0.473 e. The molecule has 1 aliphatic heterocycles. The molecule has 1 aliphatic carbocycles. The first-order valence-electron chi connectivity index (χ1n) is 11.4. The van der Waals surface area contributed by atoms with E-state index < -0.39 is 0 Å². The Morgan fingerprint density at radius 2 is 2.16 bits per heavy atom. The van der Waals surface area contributed by atoms with E-state index in [2.05, 4.69) is 37.3 Å². The van der Waals surface area contributed by atoms with E-state index in [-0.39, 0.29) is 12.0 Å². The second-order valence-corrected chi connectivity index (χ2v) is 9.30. The van der Waals surface area contributed by atoms with Crippen molar-refractivity contribution in [2.45, 2.75) is 58.2 Å². The van der Waals surface area contributed by atoms with Crippen LogP contribution in [0.25, 0.3) is 16.9 Å². The molecule has 1 saturated carbocycles. The van der Waals surface area contributed by atoms with Crippen molar-refractivity contribution in [2.24, 2.45) is 11.8 Å². The molecule has 1 saturated heterocycles. The topological polar surface area (TPSA) is 113 Å². The minimum absolute atomic E-state index is 0.0386. The summed E-state index contributed by atoms with van der Waals surface area (Å²) in [6.45, 7) is 8.27. The van der Waals surface area contributed by atoms with E-state index in [9.17, 15) is 4.79 Å². The summed E-state index contributed by atoms with van der Waals surface area (Å²) >= 11 is 0. The van der Waals surface area contributed by atoms with E-state index in [1.54, 1.807) is 23.1 Å². The Kier molecular flexibility index (Phi) is 5.54. The number of hydrogen-bond donors (Lipinski definition) is 2. The molecule has 2 aliphatic rings. The maximum atomic E-state index is 10.9. The van der Waals surface area contributed by atoms with Crippen LogP contribution in [0.2, 0.25) is 0 Å². The van der Waals surface area contributed by atoms with Gasteiger partial charge in [0.25, 0.3) is 0 Å². The maximum Gasteiger partial charge on any atom is 0.244 e. The SMILES string of the molecule is CC(C)Oc1c(-c2cn[nH]c2)ncc2nc(N[C@H]3CCN(C4CC(C=O)C4)C[C@H]3C)nn12. The first-order valence-corrected chi connectivity index (χ1v) is 11.4. The van der Waals surface area contributed by atoms with Crippen LogP contribution in [-0.4, -0.2) is 72.2 Å². The van der Waals surface area contributed by atoms with E-state index in [1.807, 2.05) is 13.8 Å². The highest BCUT2D eigenvalue weighted by molar-refractivity contribution is 5.65. The fourth-order valence-electron chi connectivity index (χ4n) is 4.73. The summed E-state index contributed by atoms with van der Waals surface area (Å²) in [5.74, 6) is 1.85. The molecular weight excluding hydrogens is 408 g/mol. The molecule has 5 rings (SSSR count). The average Bonchev–Trinajstić information content (AvgIpc) is 3.39. The third-order valence-corrected chi connectivity index (χ3v) is 6.56. The van der Waals surface area contributed by atoms with Gasteiger partial charge in [0, 0.05) is 42.9 Å². The van der Waals surface area contributed by atoms with Crippen molar-refractivity contribution in [3.8, 4) is 17.1 Å². The van der Waals surface area contributed by atoms with Gasteiger partial charge in [0.05, 0.1) is 18.5 Å². The van der Waals surface area contributed by atoms with Crippen molar-refractivity contribution in [1.29, 1.82) is 0 Å². The summed E-state index contributed by atoms with van der Waals surface area (Å²) in [5, 5.41) is 15.1. The summed E-state index contributed by atoms with van der Waals surface area (Å²) in [7, 11) is 0. The van der Waals surface area contributed by atoms with Crippen LogP contribution >= 0.6 is 0 Å². The van der Waals surface area contributed by atoms with E-state index >= 15 is 0 Å². The molecule has 3 aromatic heterocycles. The maximum absolute atomic E-state index is 10.9. The number of anilines is 1. The van der Waals surface area contributed by atoms with Crippen LogP contribution in [0.5, 0.6) is 5.88 Å². The van der Waals surface area contributed by atoms with Crippen molar-refractivity contribution in [3.63, 3.8) is 0 Å². The van der Waals surface area contributed by atoms with Gasteiger partial charge in [-0.1, -0.05) is 6.92 Å². The molecule has 10 heteroatoms. The normalized spacial score (nSPS) is 26.2. The fraction of sp³-hybridized carbons (Fsp3) is 0.591. The summed E-state index contributed by atoms with van der Waals surface area (Å²) in [6, 6.07) is 0.853. The van der Waals surface area contributed by atoms with Crippen molar-refractivity contribution in [2.75, 3.05) is 18.4 Å². The predicted molar refractivity (Wildman–Crippen MR) is 119 cm³/mol. The number of carbonyl (C=O) groups is 1. The Balaban J connectivity index is 1.33. The zero-order valence-corrected chi connectivity index (χ0v) is 18.7. The summed E-state index contributed by atoms with van der Waals surface area (Å²) < 4.78 is 7.79. The zero-order chi connectivity index (χ0) is 22.2. The van der Waals surface area contributed by atoms with Gasteiger partial charge in [-0.05, 0) is 39.0 Å². The lowest BCUT2D eigenvalue weighted by atomic mass is 9.78. The van der Waals surface area contributed by atoms with Crippen LogP contribution in [0.3, 0.4) is 0 Å². The number of hydrogen-bond acceptors (Lipinski definition) is 8. The van der Waals surface area contributed by atoms with Crippen LogP contribution in [0.4, 0.5) is 5.95 Å². The number of ether oxygens (including phenoxy) is 1. The van der Waals surface area contributed by atoms with Crippen LogP contribution in [0.15, 0.2) is 18.6 Å². The first kappa shape index (κ1) is 20.9. The second kappa shape index (κ2) is 8.50. The highest BCUT2D eigenvalue weighted by Crippen LogP contribution is 2.34. The van der Waals surface area contributed by atoms with E-state index in [1.165, 1.54) is 0 Å². The van der Waals surface area contributed by atoms with Gasteiger partial charge in [-0.25, -0.2) is 4.98 Å². The minimum atomic E-state index is -0.0386. The largest absolute Gasteiger partial charge is 0.473 e. The van der Waals surface area contributed by atoms with Crippen LogP contribution in [-0.2, 0) is 4.79 Å². The highest BCUT2D eigenvalue weighted by Gasteiger charge is 2.37. The second-order valence-electron chi connectivity index (χ2n) is 9.30. The Morgan fingerprint density at radius 1 is 1.31 bits per heavy atom. The Hall–Kier alpha value is -3.01. The van der Waals surface area contributed by atoms with Gasteiger partial charge in [0.15, 0.2) is 5.65 Å². The van der Waals surface area contributed by atoms with Gasteiger partial charge in [-0.3, -0.25) is 10.00 Å². The number of aldehydes is 1. The number of H-pyrrole nitrogens is 1. The summed E-state index contributed by atoms with van der Waals surface area (Å²) in [6.07, 6.45) is 9.31. The van der Waals surface area contributed by atoms with Crippen LogP contribution < -0.4 is 10.1 Å². The van der Waals surface area contributed by atoms with Crippen molar-refractivity contribution >= 4 is 17.9 Å². The number of rotatable bonds is 7. The van der Waals surface area contributed by atoms with Gasteiger partial charge in [0.2, 0.25) is 11.8 Å². The fourth-order valence-corrected chi connectivity index (χ4v) is 4.73. The molecular formula is C22H30N8O2. The van der Waals surface area contributed by atoms with E-state index in [0.29, 0.717) is 41.2 Å². The van der Waals surface area contributed by atoms with Gasteiger partial charge in [0.1, 0.15) is 12.0 Å². The standard InChI is InChI=1S/C22H30N8O2/c1-13(2)32-21-20(16-8-24-25-9-16)23-10-19-27-22(28-30(19)21)26-18-4-5-29(11-14(18)3)17-6-15(7-17)12-31/h8-10,12-15,17-18H,4-7,11H2,1-3H3,(H,24,25)(H,26,28)/t14-,15?,17?,18+/m1/s1. The predicted octanol–water partition coefficient (Wildman–Crippen LogP) is 2.40. The quantitative estimate of drug-likeness (QED) is 0.541. The first-order chi connectivity index (χ1) is 15.5. The lowest BCUT2D eigenvalue weighted by Crippen LogP contribution is -2.53. The van der Waals surface area contributed by atoms with Crippen molar-refractivity contribution in [1.82, 2.24) is 34.7 Å². The molecule has 0 spiro atoms. The molecule has 0 unspecified atom stereocenters. The third-order valence-electron chi connectivity index (χ3n) is 6.56. The number of fused-ring (bicyclic) bond motifs is 1. The number of nitrogens with zero attached hydrogens (tertiary/aromatic N) is 6. The summed E-state index contributed by atoms with van der Waals surface area (Å²) in [4.78, 5) is 22.7. The molecule has 3 aromatic rings. The lowest BCUT2D eigenvalue weighted by molar-refractivity contribution is -0.115. The molecule has 0 bridgehead atoms. The highest BCUT2D eigenvalue weighted by atomic mass is 16.5. The van der Waals surface area contributed by atoms with E-state index in [0.717, 1.165) is 44.2 Å². The number of carbonyl (C=O) groups excluding carboxylic acids is 1. The molecule has 2 fully saturated rings. The van der Waals surface area contributed by atoms with Crippen molar-refractivity contribution < 1.29 is 9.53 Å². The van der Waals surface area contributed by atoms with Gasteiger partial charge >= 0.3 is 0 Å². The Labute approximate surface area is 186 Å². The number of nitrogens with one attached hydrogen (secondary N) is 2. The van der Waals surface area contributed by atoms with E-state index in [4.69, 9.17) is 9.84 Å². The number of likely N-dealkylation sites (tertiary alicyclic amines) is 1. The molecule has 32 heavy (non-hydrogen) atoms. The Bertz CT molecular complexity index is 1070. The third kappa shape index (κ3) is 3.94. The Morgan fingerprint density at radius 3 is 2.84 bits per heavy atom. The van der Waals surface area contributed by atoms with Crippen molar-refractivity contribution in [3.05, 3.63) is 18.6 Å². The molecule has 2 atom stereocenters. The van der Waals surface area contributed by atoms with Gasteiger partial charge < -0.3 is 14.8 Å². The smallest absolute Gasteiger partial charge is 0.244 e. The number of aromatic amines is 1. The molecule has 0 radical (unpaired) electrons. The van der Waals surface area contributed by atoms with Gasteiger partial charge in [-0.15, -0.1) is 5.10 Å². The van der Waals surface area contributed by atoms with Gasteiger partial charge in [-0.2, -0.15) is 14.6 Å². The molecule has 0 aromatic carbocycles. The van der Waals surface area contributed by atoms with Crippen LogP contribution in [0.1, 0.15) is 40.0 Å². The molecule has 0 amide bonds. The number of piperidine rings is 1. The number of aromatic nitrogens is 6. The molecule has 4 heterocycles. The molecule has 170 valence electrons. The average molecular weight is 439 g/mol. The zero-order valence-electron chi connectivity index (χ0n) is 18.7. The molecule has 2 N–H and O–H groups in total. The summed E-state index contributed by atoms with van der Waals surface area (Å²) in [5.41, 5.74) is 2.14. The van der Waals surface area contributed by atoms with Crippen LogP contribution in [0, 0.1) is 11.8 Å².